The molecule has 3 nitrogen and oxygen atoms in total. The summed E-state index contributed by atoms with van der Waals surface area (Å²) in [6.07, 6.45) is 4.20. The van der Waals surface area contributed by atoms with Gasteiger partial charge in [-0.25, -0.2) is 4.98 Å². The number of rotatable bonds is 5. The molecule has 15 heavy (non-hydrogen) atoms. The molecule has 2 N–H and O–H groups in total. The van der Waals surface area contributed by atoms with Crippen molar-refractivity contribution in [2.24, 2.45) is 11.7 Å². The van der Waals surface area contributed by atoms with Gasteiger partial charge in [-0.05, 0) is 25.7 Å². The minimum absolute atomic E-state index is 0.553. The maximum atomic E-state index is 5.57. The van der Waals surface area contributed by atoms with E-state index in [0.717, 1.165) is 23.3 Å². The highest BCUT2D eigenvalue weighted by molar-refractivity contribution is 7.13. The summed E-state index contributed by atoms with van der Waals surface area (Å²) in [6.45, 7) is 4.97. The van der Waals surface area contributed by atoms with Gasteiger partial charge in [0, 0.05) is 25.0 Å². The predicted octanol–water partition coefficient (Wildman–Crippen LogP) is 2.23. The van der Waals surface area contributed by atoms with Gasteiger partial charge in [-0.3, -0.25) is 0 Å². The number of aromatic nitrogens is 1. The van der Waals surface area contributed by atoms with E-state index in [1.54, 1.807) is 11.3 Å². The quantitative estimate of drug-likeness (QED) is 0.835. The number of thiazole rings is 1. The molecule has 0 atom stereocenters. The number of anilines is 1. The molecule has 0 aliphatic heterocycles. The zero-order chi connectivity index (χ0) is 10.7. The Hall–Kier alpha value is -0.610. The van der Waals surface area contributed by atoms with Crippen LogP contribution in [0.2, 0.25) is 0 Å². The van der Waals surface area contributed by atoms with Crippen LogP contribution in [0, 0.1) is 5.92 Å². The first kappa shape index (κ1) is 10.9. The molecule has 4 heteroatoms. The van der Waals surface area contributed by atoms with Crippen molar-refractivity contribution in [1.82, 2.24) is 4.98 Å². The van der Waals surface area contributed by atoms with E-state index in [9.17, 15) is 0 Å². The van der Waals surface area contributed by atoms with E-state index in [1.807, 2.05) is 0 Å². The monoisotopic (exact) mass is 225 g/mol. The Morgan fingerprint density at radius 2 is 2.40 bits per heavy atom. The molecule has 1 aromatic heterocycles. The van der Waals surface area contributed by atoms with Crippen LogP contribution in [-0.2, 0) is 6.54 Å². The van der Waals surface area contributed by atoms with E-state index < -0.39 is 0 Å². The van der Waals surface area contributed by atoms with Gasteiger partial charge in [-0.1, -0.05) is 6.42 Å². The summed E-state index contributed by atoms with van der Waals surface area (Å²) < 4.78 is 0. The van der Waals surface area contributed by atoms with Crippen LogP contribution < -0.4 is 10.6 Å². The fraction of sp³-hybridized carbons (Fsp3) is 0.727. The van der Waals surface area contributed by atoms with Crippen molar-refractivity contribution in [3.63, 3.8) is 0 Å². The van der Waals surface area contributed by atoms with Crippen LogP contribution >= 0.6 is 11.3 Å². The minimum Gasteiger partial charge on any atom is -0.348 e. The van der Waals surface area contributed by atoms with E-state index in [2.05, 4.69) is 22.2 Å². The van der Waals surface area contributed by atoms with E-state index in [1.165, 1.54) is 25.8 Å². The molecule has 1 aliphatic carbocycles. The number of hydrogen-bond acceptors (Lipinski definition) is 4. The lowest BCUT2D eigenvalue weighted by Crippen LogP contribution is -2.32. The molecule has 1 aromatic rings. The van der Waals surface area contributed by atoms with Crippen LogP contribution in [0.5, 0.6) is 0 Å². The molecule has 1 saturated carbocycles. The molecule has 0 amide bonds. The number of hydrogen-bond donors (Lipinski definition) is 1. The molecule has 1 fully saturated rings. The normalized spacial score (nSPS) is 16.4. The first-order valence-corrected chi connectivity index (χ1v) is 6.61. The average Bonchev–Trinajstić information content (AvgIpc) is 2.65. The average molecular weight is 225 g/mol. The zero-order valence-electron chi connectivity index (χ0n) is 9.28. The fourth-order valence-corrected chi connectivity index (χ4v) is 2.78. The SMILES string of the molecule is CCN(CC1CCC1)c1nc(CN)cs1. The Kier molecular flexibility index (Phi) is 3.59. The third-order valence-corrected chi connectivity index (χ3v) is 4.05. The van der Waals surface area contributed by atoms with Gasteiger partial charge < -0.3 is 10.6 Å². The van der Waals surface area contributed by atoms with Crippen molar-refractivity contribution in [2.45, 2.75) is 32.7 Å². The van der Waals surface area contributed by atoms with Gasteiger partial charge >= 0.3 is 0 Å². The van der Waals surface area contributed by atoms with Crippen LogP contribution in [0.1, 0.15) is 31.9 Å². The van der Waals surface area contributed by atoms with Gasteiger partial charge in [-0.2, -0.15) is 0 Å². The highest BCUT2D eigenvalue weighted by Crippen LogP contribution is 2.29. The highest BCUT2D eigenvalue weighted by Gasteiger charge is 2.21. The van der Waals surface area contributed by atoms with Crippen molar-refractivity contribution < 1.29 is 0 Å². The predicted molar refractivity (Wildman–Crippen MR) is 65.2 cm³/mol. The smallest absolute Gasteiger partial charge is 0.185 e. The van der Waals surface area contributed by atoms with E-state index in [0.29, 0.717) is 6.54 Å². The molecule has 0 saturated heterocycles. The van der Waals surface area contributed by atoms with E-state index in [4.69, 9.17) is 5.73 Å². The summed E-state index contributed by atoms with van der Waals surface area (Å²) in [5, 5.41) is 3.21. The second kappa shape index (κ2) is 4.94. The van der Waals surface area contributed by atoms with Crippen molar-refractivity contribution in [1.29, 1.82) is 0 Å². The summed E-state index contributed by atoms with van der Waals surface area (Å²) in [5.74, 6) is 0.898. The van der Waals surface area contributed by atoms with Gasteiger partial charge in [0.2, 0.25) is 0 Å². The Bertz CT molecular complexity index is 307. The molecule has 2 rings (SSSR count). The third kappa shape index (κ3) is 2.49. The van der Waals surface area contributed by atoms with Crippen molar-refractivity contribution >= 4 is 16.5 Å². The van der Waals surface area contributed by atoms with Crippen LogP contribution in [0.3, 0.4) is 0 Å². The highest BCUT2D eigenvalue weighted by atomic mass is 32.1. The van der Waals surface area contributed by atoms with Crippen LogP contribution in [-0.4, -0.2) is 18.1 Å². The molecule has 0 spiro atoms. The molecular formula is C11H19N3S. The molecule has 0 radical (unpaired) electrons. The summed E-state index contributed by atoms with van der Waals surface area (Å²) in [6, 6.07) is 0. The Balaban J connectivity index is 1.97. The summed E-state index contributed by atoms with van der Waals surface area (Å²) in [5.41, 5.74) is 6.58. The molecule has 0 unspecified atom stereocenters. The molecule has 0 bridgehead atoms. The third-order valence-electron chi connectivity index (χ3n) is 3.10. The first-order chi connectivity index (χ1) is 7.33. The molecular weight excluding hydrogens is 206 g/mol. The molecule has 1 aliphatic rings. The van der Waals surface area contributed by atoms with Crippen molar-refractivity contribution in [2.75, 3.05) is 18.0 Å². The topological polar surface area (TPSA) is 42.2 Å². The van der Waals surface area contributed by atoms with E-state index >= 15 is 0 Å². The lowest BCUT2D eigenvalue weighted by Gasteiger charge is -2.31. The largest absolute Gasteiger partial charge is 0.348 e. The van der Waals surface area contributed by atoms with Crippen LogP contribution in [0.25, 0.3) is 0 Å². The lowest BCUT2D eigenvalue weighted by atomic mass is 9.85. The maximum absolute atomic E-state index is 5.57. The lowest BCUT2D eigenvalue weighted by molar-refractivity contribution is 0.318. The maximum Gasteiger partial charge on any atom is 0.185 e. The second-order valence-corrected chi connectivity index (χ2v) is 5.00. The standard InChI is InChI=1S/C11H19N3S/c1-2-14(7-9-4-3-5-9)11-13-10(6-12)8-15-11/h8-9H,2-7,12H2,1H3. The minimum atomic E-state index is 0.553. The summed E-state index contributed by atoms with van der Waals surface area (Å²) in [4.78, 5) is 6.91. The van der Waals surface area contributed by atoms with Crippen LogP contribution in [0.15, 0.2) is 5.38 Å². The Morgan fingerprint density at radius 1 is 1.60 bits per heavy atom. The van der Waals surface area contributed by atoms with Crippen molar-refractivity contribution in [3.8, 4) is 0 Å². The molecule has 1 heterocycles. The van der Waals surface area contributed by atoms with Gasteiger partial charge in [-0.15, -0.1) is 11.3 Å². The van der Waals surface area contributed by atoms with Crippen LogP contribution in [0.4, 0.5) is 5.13 Å². The summed E-state index contributed by atoms with van der Waals surface area (Å²) in [7, 11) is 0. The zero-order valence-corrected chi connectivity index (χ0v) is 10.1. The first-order valence-electron chi connectivity index (χ1n) is 5.73. The van der Waals surface area contributed by atoms with E-state index in [-0.39, 0.29) is 0 Å². The fourth-order valence-electron chi connectivity index (χ4n) is 1.86. The second-order valence-electron chi connectivity index (χ2n) is 4.16. The summed E-state index contributed by atoms with van der Waals surface area (Å²) >= 11 is 1.72. The number of nitrogens with two attached hydrogens (primary N) is 1. The Morgan fingerprint density at radius 3 is 2.87 bits per heavy atom. The van der Waals surface area contributed by atoms with Gasteiger partial charge in [0.1, 0.15) is 0 Å². The van der Waals surface area contributed by atoms with Crippen molar-refractivity contribution in [3.05, 3.63) is 11.1 Å². The van der Waals surface area contributed by atoms with Gasteiger partial charge in [0.05, 0.1) is 5.69 Å². The number of nitrogens with zero attached hydrogens (tertiary/aromatic N) is 2. The Labute approximate surface area is 95.3 Å². The molecule has 84 valence electrons. The van der Waals surface area contributed by atoms with Gasteiger partial charge in [0.25, 0.3) is 0 Å². The molecule has 0 aromatic carbocycles. The van der Waals surface area contributed by atoms with Gasteiger partial charge in [0.15, 0.2) is 5.13 Å².